The van der Waals surface area contributed by atoms with Gasteiger partial charge in [-0.3, -0.25) is 4.90 Å². The van der Waals surface area contributed by atoms with Crippen LogP contribution in [-0.4, -0.2) is 35.8 Å². The van der Waals surface area contributed by atoms with Crippen molar-refractivity contribution in [3.8, 4) is 11.5 Å². The van der Waals surface area contributed by atoms with Gasteiger partial charge in [-0.15, -0.1) is 0 Å². The molecule has 0 radical (unpaired) electrons. The number of oxazole rings is 1. The molecule has 124 valence electrons. The molecule has 3 rings (SSSR count). The number of methoxy groups -OCH3 is 2. The third kappa shape index (κ3) is 2.92. The molecule has 0 saturated heterocycles. The van der Waals surface area contributed by atoms with E-state index in [1.165, 1.54) is 0 Å². The summed E-state index contributed by atoms with van der Waals surface area (Å²) in [5.41, 5.74) is 2.66. The normalized spacial score (nSPS) is 17.9. The van der Waals surface area contributed by atoms with Crippen molar-refractivity contribution in [2.75, 3.05) is 20.8 Å². The summed E-state index contributed by atoms with van der Waals surface area (Å²) in [6.45, 7) is 5.52. The van der Waals surface area contributed by atoms with Gasteiger partial charge >= 0.3 is 0 Å². The fraction of sp³-hybridized carbons (Fsp3) is 0.471. The van der Waals surface area contributed by atoms with Crippen LogP contribution in [0.3, 0.4) is 0 Å². The van der Waals surface area contributed by atoms with E-state index < -0.39 is 6.10 Å². The number of aromatic nitrogens is 1. The predicted molar refractivity (Wildman–Crippen MR) is 84.6 cm³/mol. The lowest BCUT2D eigenvalue weighted by molar-refractivity contribution is 0.0791. The van der Waals surface area contributed by atoms with Crippen molar-refractivity contribution in [3.63, 3.8) is 0 Å². The molecule has 0 aliphatic carbocycles. The van der Waals surface area contributed by atoms with E-state index in [4.69, 9.17) is 13.9 Å². The van der Waals surface area contributed by atoms with Crippen LogP contribution in [0.25, 0.3) is 0 Å². The number of ether oxygens (including phenoxy) is 2. The first kappa shape index (κ1) is 15.8. The molecule has 0 fully saturated rings. The highest BCUT2D eigenvalue weighted by atomic mass is 16.5. The molecule has 0 unspecified atom stereocenters. The number of aryl methyl sites for hydroxylation is 2. The fourth-order valence-electron chi connectivity index (χ4n) is 3.06. The number of fused-ring (bicyclic) bond motifs is 1. The molecule has 1 atom stereocenters. The van der Waals surface area contributed by atoms with Gasteiger partial charge in [0.05, 0.1) is 32.6 Å². The second-order valence-corrected chi connectivity index (χ2v) is 5.80. The maximum atomic E-state index is 10.6. The first-order valence-electron chi connectivity index (χ1n) is 7.60. The third-order valence-electron chi connectivity index (χ3n) is 4.29. The lowest BCUT2D eigenvalue weighted by Gasteiger charge is -2.33. The molecule has 1 aliphatic heterocycles. The number of benzene rings is 1. The number of β-amino-alcohol motifs (C(OH)–C–C–N with tert-alkyl or cyclic N) is 1. The van der Waals surface area contributed by atoms with Crippen LogP contribution in [0.15, 0.2) is 16.5 Å². The molecule has 2 aromatic rings. The van der Waals surface area contributed by atoms with Crippen molar-refractivity contribution in [1.29, 1.82) is 0 Å². The van der Waals surface area contributed by atoms with Gasteiger partial charge in [-0.2, -0.15) is 0 Å². The van der Waals surface area contributed by atoms with Crippen LogP contribution < -0.4 is 9.47 Å². The van der Waals surface area contributed by atoms with Crippen LogP contribution >= 0.6 is 0 Å². The Hall–Kier alpha value is -2.05. The Morgan fingerprint density at radius 3 is 2.57 bits per heavy atom. The summed E-state index contributed by atoms with van der Waals surface area (Å²) in [6, 6.07) is 3.70. The molecule has 2 heterocycles. The molecular weight excluding hydrogens is 296 g/mol. The zero-order chi connectivity index (χ0) is 16.6. The van der Waals surface area contributed by atoms with Gasteiger partial charge in [0.25, 0.3) is 0 Å². The minimum Gasteiger partial charge on any atom is -0.496 e. The monoisotopic (exact) mass is 318 g/mol. The third-order valence-corrected chi connectivity index (χ3v) is 4.29. The Labute approximate surface area is 135 Å². The van der Waals surface area contributed by atoms with Gasteiger partial charge in [0.2, 0.25) is 5.89 Å². The number of nitrogens with zero attached hydrogens (tertiary/aromatic N) is 2. The quantitative estimate of drug-likeness (QED) is 0.933. The number of aliphatic hydroxyl groups excluding tert-OH is 1. The summed E-state index contributed by atoms with van der Waals surface area (Å²) in [5.74, 6) is 2.94. The van der Waals surface area contributed by atoms with Gasteiger partial charge in [-0.1, -0.05) is 0 Å². The second kappa shape index (κ2) is 6.22. The molecule has 0 amide bonds. The fourth-order valence-corrected chi connectivity index (χ4v) is 3.06. The molecule has 6 nitrogen and oxygen atoms in total. The summed E-state index contributed by atoms with van der Waals surface area (Å²) in [6.07, 6.45) is -0.638. The second-order valence-electron chi connectivity index (χ2n) is 5.80. The van der Waals surface area contributed by atoms with E-state index in [2.05, 4.69) is 9.88 Å². The lowest BCUT2D eigenvalue weighted by Crippen LogP contribution is -2.33. The van der Waals surface area contributed by atoms with Crippen LogP contribution in [0, 0.1) is 13.8 Å². The van der Waals surface area contributed by atoms with E-state index >= 15 is 0 Å². The summed E-state index contributed by atoms with van der Waals surface area (Å²) in [5, 5.41) is 10.6. The number of hydrogen-bond donors (Lipinski definition) is 1. The summed E-state index contributed by atoms with van der Waals surface area (Å²) in [7, 11) is 3.24. The van der Waals surface area contributed by atoms with Crippen molar-refractivity contribution in [2.45, 2.75) is 33.0 Å². The molecule has 1 aliphatic rings. The van der Waals surface area contributed by atoms with E-state index in [0.717, 1.165) is 28.3 Å². The van der Waals surface area contributed by atoms with E-state index in [-0.39, 0.29) is 0 Å². The Balaban J connectivity index is 1.90. The smallest absolute Gasteiger partial charge is 0.208 e. The Kier molecular flexibility index (Phi) is 4.28. The number of hydrogen-bond acceptors (Lipinski definition) is 6. The molecule has 1 aromatic carbocycles. The Bertz CT molecular complexity index is 691. The van der Waals surface area contributed by atoms with Gasteiger partial charge in [0.15, 0.2) is 0 Å². The highest BCUT2D eigenvalue weighted by Gasteiger charge is 2.30. The average molecular weight is 318 g/mol. The van der Waals surface area contributed by atoms with Gasteiger partial charge in [-0.25, -0.2) is 4.98 Å². The Morgan fingerprint density at radius 2 is 1.96 bits per heavy atom. The maximum absolute atomic E-state index is 10.6. The lowest BCUT2D eigenvalue weighted by atomic mass is 9.95. The largest absolute Gasteiger partial charge is 0.496 e. The van der Waals surface area contributed by atoms with Crippen molar-refractivity contribution >= 4 is 0 Å². The molecule has 1 N–H and O–H groups in total. The highest BCUT2D eigenvalue weighted by molar-refractivity contribution is 5.51. The molecule has 6 heteroatoms. The van der Waals surface area contributed by atoms with E-state index in [9.17, 15) is 5.11 Å². The van der Waals surface area contributed by atoms with Crippen molar-refractivity contribution in [2.24, 2.45) is 0 Å². The number of rotatable bonds is 4. The first-order valence-corrected chi connectivity index (χ1v) is 7.60. The van der Waals surface area contributed by atoms with Gasteiger partial charge in [0.1, 0.15) is 17.3 Å². The number of aliphatic hydroxyl groups is 1. The maximum Gasteiger partial charge on any atom is 0.208 e. The van der Waals surface area contributed by atoms with Crippen LogP contribution in [0.5, 0.6) is 11.5 Å². The zero-order valence-electron chi connectivity index (χ0n) is 13.9. The summed E-state index contributed by atoms with van der Waals surface area (Å²) < 4.78 is 16.5. The molecular formula is C17H22N2O4. The molecule has 23 heavy (non-hydrogen) atoms. The van der Waals surface area contributed by atoms with E-state index in [1.807, 2.05) is 26.0 Å². The first-order chi connectivity index (χ1) is 11.0. The molecule has 0 saturated carbocycles. The van der Waals surface area contributed by atoms with Crippen LogP contribution in [0.1, 0.15) is 34.6 Å². The standard InChI is InChI=1S/C17H22N2O4/c1-10-11(2)23-16(18-10)9-19-7-12-14(21-3)5-6-15(22-4)17(12)13(20)8-19/h5-6,13,20H,7-9H2,1-4H3/t13-/m1/s1. The zero-order valence-corrected chi connectivity index (χ0v) is 13.9. The van der Waals surface area contributed by atoms with Crippen LogP contribution in [0.2, 0.25) is 0 Å². The molecule has 0 bridgehead atoms. The summed E-state index contributed by atoms with van der Waals surface area (Å²) in [4.78, 5) is 6.51. The predicted octanol–water partition coefficient (Wildman–Crippen LogP) is 2.36. The van der Waals surface area contributed by atoms with Crippen LogP contribution in [0.4, 0.5) is 0 Å². The van der Waals surface area contributed by atoms with Crippen molar-refractivity contribution in [1.82, 2.24) is 9.88 Å². The van der Waals surface area contributed by atoms with E-state index in [1.54, 1.807) is 14.2 Å². The minimum absolute atomic E-state index is 0.497. The highest BCUT2D eigenvalue weighted by Crippen LogP contribution is 2.39. The van der Waals surface area contributed by atoms with Gasteiger partial charge in [-0.05, 0) is 26.0 Å². The molecule has 0 spiro atoms. The SMILES string of the molecule is COc1ccc(OC)c2c1CN(Cc1nc(C)c(C)o1)C[C@H]2O. The van der Waals surface area contributed by atoms with E-state index in [0.29, 0.717) is 31.3 Å². The van der Waals surface area contributed by atoms with Gasteiger partial charge < -0.3 is 19.0 Å². The summed E-state index contributed by atoms with van der Waals surface area (Å²) >= 11 is 0. The van der Waals surface area contributed by atoms with Crippen molar-refractivity contribution in [3.05, 3.63) is 40.6 Å². The minimum atomic E-state index is -0.638. The van der Waals surface area contributed by atoms with Crippen LogP contribution in [-0.2, 0) is 13.1 Å². The molecule has 1 aromatic heterocycles. The average Bonchev–Trinajstić information content (AvgIpc) is 2.84. The Morgan fingerprint density at radius 1 is 1.26 bits per heavy atom. The topological polar surface area (TPSA) is 68.0 Å². The van der Waals surface area contributed by atoms with Gasteiger partial charge in [0, 0.05) is 24.2 Å². The van der Waals surface area contributed by atoms with Crippen molar-refractivity contribution < 1.29 is 19.0 Å².